The molecule has 0 unspecified atom stereocenters. The van der Waals surface area contributed by atoms with Crippen LogP contribution in [0.4, 0.5) is 8.78 Å². The molecule has 1 heterocycles. The zero-order valence-corrected chi connectivity index (χ0v) is 11.2. The van der Waals surface area contributed by atoms with E-state index < -0.39 is 17.4 Å². The van der Waals surface area contributed by atoms with E-state index in [9.17, 15) is 13.6 Å². The summed E-state index contributed by atoms with van der Waals surface area (Å²) in [6.45, 7) is 1.48. The van der Waals surface area contributed by atoms with E-state index in [-0.39, 0.29) is 11.1 Å². The number of rotatable bonds is 2. The first-order valence-electron chi connectivity index (χ1n) is 6.18. The molecule has 1 aromatic carbocycles. The molecule has 1 aromatic heterocycles. The van der Waals surface area contributed by atoms with Crippen LogP contribution in [-0.2, 0) is 12.8 Å². The zero-order chi connectivity index (χ0) is 13.6. The Labute approximate surface area is 113 Å². The Kier molecular flexibility index (Phi) is 2.97. The van der Waals surface area contributed by atoms with Gasteiger partial charge in [-0.3, -0.25) is 4.79 Å². The van der Waals surface area contributed by atoms with E-state index in [2.05, 4.69) is 0 Å². The fourth-order valence-corrected chi connectivity index (χ4v) is 3.60. The summed E-state index contributed by atoms with van der Waals surface area (Å²) >= 11 is 1.41. The van der Waals surface area contributed by atoms with Crippen LogP contribution in [-0.4, -0.2) is 5.78 Å². The molecular weight excluding hydrogens is 266 g/mol. The molecule has 0 radical (unpaired) electrons. The predicted octanol–water partition coefficient (Wildman–Crippen LogP) is 4.05. The monoisotopic (exact) mass is 278 g/mol. The Morgan fingerprint density at radius 3 is 2.68 bits per heavy atom. The summed E-state index contributed by atoms with van der Waals surface area (Å²) in [6.07, 6.45) is 3.07. The Morgan fingerprint density at radius 2 is 1.95 bits per heavy atom. The summed E-state index contributed by atoms with van der Waals surface area (Å²) in [5.41, 5.74) is 1.21. The second kappa shape index (κ2) is 4.53. The molecule has 1 aliphatic rings. The minimum Gasteiger partial charge on any atom is -0.288 e. The van der Waals surface area contributed by atoms with Gasteiger partial charge in [-0.1, -0.05) is 0 Å². The number of carbonyl (C=O) groups excluding carboxylic acids is 1. The largest absolute Gasteiger partial charge is 0.288 e. The van der Waals surface area contributed by atoms with Crippen molar-refractivity contribution in [1.82, 2.24) is 0 Å². The van der Waals surface area contributed by atoms with Crippen LogP contribution in [0.2, 0.25) is 0 Å². The molecule has 0 atom stereocenters. The van der Waals surface area contributed by atoms with E-state index in [1.165, 1.54) is 28.7 Å². The summed E-state index contributed by atoms with van der Waals surface area (Å²) in [5, 5.41) is 0. The third-order valence-electron chi connectivity index (χ3n) is 3.46. The summed E-state index contributed by atoms with van der Waals surface area (Å²) < 4.78 is 27.3. The highest BCUT2D eigenvalue weighted by molar-refractivity contribution is 7.14. The zero-order valence-electron chi connectivity index (χ0n) is 10.4. The van der Waals surface area contributed by atoms with Crippen LogP contribution in [0, 0.1) is 18.6 Å². The molecule has 4 heteroatoms. The van der Waals surface area contributed by atoms with Crippen LogP contribution in [0.25, 0.3) is 0 Å². The van der Waals surface area contributed by atoms with E-state index in [0.717, 1.165) is 31.4 Å². The number of aryl methyl sites for hydroxylation is 3. The van der Waals surface area contributed by atoms with Gasteiger partial charge in [-0.05, 0) is 55.5 Å². The van der Waals surface area contributed by atoms with Gasteiger partial charge in [0, 0.05) is 4.88 Å². The summed E-state index contributed by atoms with van der Waals surface area (Å²) in [6, 6.07) is 3.90. The molecule has 0 fully saturated rings. The molecule has 19 heavy (non-hydrogen) atoms. The van der Waals surface area contributed by atoms with Crippen LogP contribution >= 0.6 is 11.3 Å². The molecule has 2 aromatic rings. The van der Waals surface area contributed by atoms with Crippen molar-refractivity contribution < 1.29 is 13.6 Å². The first-order chi connectivity index (χ1) is 9.06. The number of benzene rings is 1. The summed E-state index contributed by atoms with van der Waals surface area (Å²) in [7, 11) is 0. The number of carbonyl (C=O) groups is 1. The van der Waals surface area contributed by atoms with Crippen molar-refractivity contribution in [3.8, 4) is 0 Å². The Bertz CT molecular complexity index is 652. The number of hydrogen-bond acceptors (Lipinski definition) is 2. The van der Waals surface area contributed by atoms with Gasteiger partial charge in [0.15, 0.2) is 0 Å². The quantitative estimate of drug-likeness (QED) is 0.757. The molecule has 0 saturated heterocycles. The second-order valence-electron chi connectivity index (χ2n) is 4.82. The van der Waals surface area contributed by atoms with Crippen molar-refractivity contribution in [1.29, 1.82) is 0 Å². The van der Waals surface area contributed by atoms with Gasteiger partial charge in [0.1, 0.15) is 11.6 Å². The molecule has 0 spiro atoms. The summed E-state index contributed by atoms with van der Waals surface area (Å²) in [5.74, 6) is -1.62. The average Bonchev–Trinajstić information content (AvgIpc) is 2.93. The summed E-state index contributed by atoms with van der Waals surface area (Å²) in [4.78, 5) is 14.0. The van der Waals surface area contributed by atoms with Crippen LogP contribution in [0.3, 0.4) is 0 Å². The number of fused-ring (bicyclic) bond motifs is 1. The molecule has 1 nitrogen and oxygen atoms in total. The van der Waals surface area contributed by atoms with Gasteiger partial charge < -0.3 is 0 Å². The highest BCUT2D eigenvalue weighted by Gasteiger charge is 2.22. The minimum atomic E-state index is -0.655. The van der Waals surface area contributed by atoms with Gasteiger partial charge in [-0.25, -0.2) is 8.78 Å². The van der Waals surface area contributed by atoms with Crippen molar-refractivity contribution in [3.05, 3.63) is 56.3 Å². The maximum Gasteiger partial charge on any atom is 0.206 e. The molecule has 98 valence electrons. The minimum absolute atomic E-state index is 0.178. The molecule has 0 N–H and O–H groups in total. The highest BCUT2D eigenvalue weighted by atomic mass is 32.1. The Hall–Kier alpha value is -1.55. The molecular formula is C15H12F2OS. The van der Waals surface area contributed by atoms with Crippen molar-refractivity contribution in [2.24, 2.45) is 0 Å². The Balaban J connectivity index is 2.01. The fraction of sp³-hybridized carbons (Fsp3) is 0.267. The molecule has 0 aliphatic heterocycles. The van der Waals surface area contributed by atoms with Gasteiger partial charge in [0.05, 0.1) is 10.4 Å². The molecule has 0 amide bonds. The maximum atomic E-state index is 13.8. The third-order valence-corrected chi connectivity index (χ3v) is 4.70. The fourth-order valence-electron chi connectivity index (χ4n) is 2.39. The standard InChI is InChI=1S/C15H12F2OS/c1-8-5-12(17)10(7-11(8)16)15(18)14-6-9-3-2-4-13(9)19-14/h5-7H,2-4H2,1H3. The van der Waals surface area contributed by atoms with Crippen LogP contribution in [0.5, 0.6) is 0 Å². The normalized spacial score (nSPS) is 13.6. The third kappa shape index (κ3) is 2.10. The molecule has 1 aliphatic carbocycles. The van der Waals surface area contributed by atoms with Gasteiger partial charge in [0.25, 0.3) is 0 Å². The molecule has 0 bridgehead atoms. The van der Waals surface area contributed by atoms with E-state index in [4.69, 9.17) is 0 Å². The van der Waals surface area contributed by atoms with E-state index in [1.54, 1.807) is 0 Å². The lowest BCUT2D eigenvalue weighted by Crippen LogP contribution is -2.04. The smallest absolute Gasteiger partial charge is 0.206 e. The van der Waals surface area contributed by atoms with Crippen molar-refractivity contribution in [2.75, 3.05) is 0 Å². The average molecular weight is 278 g/mol. The highest BCUT2D eigenvalue weighted by Crippen LogP contribution is 2.32. The molecule has 0 saturated carbocycles. The van der Waals surface area contributed by atoms with Crippen LogP contribution < -0.4 is 0 Å². The number of hydrogen-bond donors (Lipinski definition) is 0. The van der Waals surface area contributed by atoms with E-state index in [1.807, 2.05) is 6.07 Å². The van der Waals surface area contributed by atoms with Crippen molar-refractivity contribution in [2.45, 2.75) is 26.2 Å². The number of thiophene rings is 1. The van der Waals surface area contributed by atoms with Gasteiger partial charge in [0.2, 0.25) is 5.78 Å². The van der Waals surface area contributed by atoms with E-state index in [0.29, 0.717) is 4.88 Å². The van der Waals surface area contributed by atoms with Gasteiger partial charge in [-0.15, -0.1) is 11.3 Å². The topological polar surface area (TPSA) is 17.1 Å². The first-order valence-corrected chi connectivity index (χ1v) is 7.00. The lowest BCUT2D eigenvalue weighted by molar-refractivity contribution is 0.103. The first kappa shape index (κ1) is 12.5. The second-order valence-corrected chi connectivity index (χ2v) is 5.96. The SMILES string of the molecule is Cc1cc(F)c(C(=O)c2cc3c(s2)CCC3)cc1F. The van der Waals surface area contributed by atoms with Gasteiger partial charge >= 0.3 is 0 Å². The Morgan fingerprint density at radius 1 is 1.16 bits per heavy atom. The number of halogens is 2. The predicted molar refractivity (Wildman–Crippen MR) is 70.9 cm³/mol. The number of ketones is 1. The van der Waals surface area contributed by atoms with Crippen LogP contribution in [0.1, 0.15) is 37.7 Å². The van der Waals surface area contributed by atoms with Crippen molar-refractivity contribution >= 4 is 17.1 Å². The lowest BCUT2D eigenvalue weighted by atomic mass is 10.1. The van der Waals surface area contributed by atoms with Crippen molar-refractivity contribution in [3.63, 3.8) is 0 Å². The maximum absolute atomic E-state index is 13.8. The van der Waals surface area contributed by atoms with Gasteiger partial charge in [-0.2, -0.15) is 0 Å². The van der Waals surface area contributed by atoms with E-state index >= 15 is 0 Å². The molecule has 3 rings (SSSR count). The van der Waals surface area contributed by atoms with Crippen LogP contribution in [0.15, 0.2) is 18.2 Å². The lowest BCUT2D eigenvalue weighted by Gasteiger charge is -2.03.